The molecule has 152 valence electrons. The summed E-state index contributed by atoms with van der Waals surface area (Å²) in [5.41, 5.74) is 8.41. The molecule has 0 saturated heterocycles. The molecular formula is C18H25ClN6O2S. The monoisotopic (exact) mass is 424 g/mol. The summed E-state index contributed by atoms with van der Waals surface area (Å²) in [4.78, 5) is 17.1. The van der Waals surface area contributed by atoms with E-state index in [1.54, 1.807) is 16.5 Å². The Bertz CT molecular complexity index is 859. The van der Waals surface area contributed by atoms with Crippen LogP contribution < -0.4 is 26.2 Å². The zero-order valence-corrected chi connectivity index (χ0v) is 17.9. The van der Waals surface area contributed by atoms with Crippen molar-refractivity contribution in [1.82, 2.24) is 15.8 Å². The molecule has 8 nitrogen and oxygen atoms in total. The van der Waals surface area contributed by atoms with E-state index in [0.29, 0.717) is 15.8 Å². The van der Waals surface area contributed by atoms with Crippen LogP contribution in [0, 0.1) is 0 Å². The molecule has 0 radical (unpaired) electrons. The van der Waals surface area contributed by atoms with Gasteiger partial charge in [-0.25, -0.2) is 20.6 Å². The van der Waals surface area contributed by atoms with E-state index in [2.05, 4.69) is 36.9 Å². The molecule has 2 amide bonds. The number of carbonyl (C=O) groups is 1. The van der Waals surface area contributed by atoms with Crippen molar-refractivity contribution in [2.24, 2.45) is 0 Å². The summed E-state index contributed by atoms with van der Waals surface area (Å²) in [5.74, 6) is 1.67. The van der Waals surface area contributed by atoms with Crippen molar-refractivity contribution in [3.63, 3.8) is 0 Å². The number of rotatable bonds is 6. The van der Waals surface area contributed by atoms with Crippen molar-refractivity contribution in [1.29, 1.82) is 0 Å². The molecular weight excluding hydrogens is 400 g/mol. The van der Waals surface area contributed by atoms with Crippen LogP contribution in [0.15, 0.2) is 17.5 Å². The second-order valence-corrected chi connectivity index (χ2v) is 8.29. The average molecular weight is 425 g/mol. The highest BCUT2D eigenvalue weighted by molar-refractivity contribution is 7.14. The summed E-state index contributed by atoms with van der Waals surface area (Å²) in [6.07, 6.45) is 0. The first-order valence-corrected chi connectivity index (χ1v) is 10.3. The van der Waals surface area contributed by atoms with Crippen LogP contribution in [0.4, 0.5) is 21.4 Å². The van der Waals surface area contributed by atoms with Gasteiger partial charge in [0.05, 0.1) is 29.2 Å². The SMILES string of the molecule is CC(C)c1cc(N(CCO)NC(=O)Nc2cc(Cl)cs2)nc2c1C(C)NN2C. The summed E-state index contributed by atoms with van der Waals surface area (Å²) < 4.78 is 0. The van der Waals surface area contributed by atoms with E-state index in [-0.39, 0.29) is 25.1 Å². The molecule has 0 saturated carbocycles. The van der Waals surface area contributed by atoms with Crippen LogP contribution in [-0.4, -0.2) is 36.3 Å². The van der Waals surface area contributed by atoms with Crippen LogP contribution in [-0.2, 0) is 0 Å². The molecule has 4 N–H and O–H groups in total. The summed E-state index contributed by atoms with van der Waals surface area (Å²) in [7, 11) is 1.92. The standard InChI is InChI=1S/C18H25ClN6O2S/c1-10(2)13-8-14(20-17-16(13)11(3)22-24(17)4)25(5-6-26)23-18(27)21-15-7-12(19)9-28-15/h7-11,22,26H,5-6H2,1-4H3,(H2,21,23,27). The zero-order valence-electron chi connectivity index (χ0n) is 16.3. The van der Waals surface area contributed by atoms with E-state index in [1.165, 1.54) is 11.3 Å². The van der Waals surface area contributed by atoms with Gasteiger partial charge in [-0.1, -0.05) is 25.4 Å². The smallest absolute Gasteiger partial charge is 0.338 e. The topological polar surface area (TPSA) is 92.8 Å². The van der Waals surface area contributed by atoms with Gasteiger partial charge in [0.2, 0.25) is 0 Å². The number of anilines is 3. The fourth-order valence-corrected chi connectivity index (χ4v) is 4.21. The Hall–Kier alpha value is -2.07. The van der Waals surface area contributed by atoms with Gasteiger partial charge in [-0.2, -0.15) is 0 Å². The van der Waals surface area contributed by atoms with Crippen molar-refractivity contribution in [2.45, 2.75) is 32.7 Å². The maximum atomic E-state index is 12.4. The van der Waals surface area contributed by atoms with Gasteiger partial charge < -0.3 is 5.11 Å². The number of urea groups is 1. The first kappa shape index (κ1) is 20.7. The number of nitrogens with one attached hydrogen (secondary N) is 3. The van der Waals surface area contributed by atoms with Crippen LogP contribution in [0.3, 0.4) is 0 Å². The van der Waals surface area contributed by atoms with Gasteiger partial charge in [0.15, 0.2) is 0 Å². The van der Waals surface area contributed by atoms with Gasteiger partial charge in [-0.3, -0.25) is 15.3 Å². The van der Waals surface area contributed by atoms with Gasteiger partial charge in [0.1, 0.15) is 11.6 Å². The van der Waals surface area contributed by atoms with Gasteiger partial charge in [0, 0.05) is 18.0 Å². The minimum Gasteiger partial charge on any atom is -0.394 e. The second-order valence-electron chi connectivity index (χ2n) is 6.94. The molecule has 0 fully saturated rings. The Labute approximate surface area is 173 Å². The molecule has 2 aromatic rings. The van der Waals surface area contributed by atoms with Crippen molar-refractivity contribution in [2.75, 3.05) is 35.5 Å². The molecule has 1 unspecified atom stereocenters. The number of hydrazine groups is 2. The number of pyridine rings is 1. The van der Waals surface area contributed by atoms with Crippen molar-refractivity contribution in [3.8, 4) is 0 Å². The Morgan fingerprint density at radius 3 is 2.86 bits per heavy atom. The van der Waals surface area contributed by atoms with Gasteiger partial charge in [0.25, 0.3) is 0 Å². The normalized spacial score (nSPS) is 15.7. The fraction of sp³-hybridized carbons (Fsp3) is 0.444. The first-order chi connectivity index (χ1) is 13.3. The van der Waals surface area contributed by atoms with E-state index in [1.807, 2.05) is 18.1 Å². The summed E-state index contributed by atoms with van der Waals surface area (Å²) >= 11 is 7.23. The van der Waals surface area contributed by atoms with Crippen LogP contribution in [0.5, 0.6) is 0 Å². The third kappa shape index (κ3) is 4.33. The lowest BCUT2D eigenvalue weighted by Crippen LogP contribution is -2.46. The van der Waals surface area contributed by atoms with E-state index in [0.717, 1.165) is 16.9 Å². The van der Waals surface area contributed by atoms with Crippen LogP contribution >= 0.6 is 22.9 Å². The zero-order chi connectivity index (χ0) is 20.4. The fourth-order valence-electron chi connectivity index (χ4n) is 3.25. The lowest BCUT2D eigenvalue weighted by Gasteiger charge is -2.26. The number of carbonyl (C=O) groups excluding carboxylic acids is 1. The molecule has 3 rings (SSSR count). The van der Waals surface area contributed by atoms with Crippen LogP contribution in [0.2, 0.25) is 5.02 Å². The number of nitrogens with zero attached hydrogens (tertiary/aromatic N) is 3. The molecule has 0 spiro atoms. The molecule has 1 atom stereocenters. The van der Waals surface area contributed by atoms with Crippen LogP contribution in [0.25, 0.3) is 0 Å². The molecule has 2 aromatic heterocycles. The average Bonchev–Trinajstić information content (AvgIpc) is 3.16. The Balaban J connectivity index is 1.88. The highest BCUT2D eigenvalue weighted by Gasteiger charge is 2.29. The van der Waals surface area contributed by atoms with Crippen LogP contribution in [0.1, 0.15) is 43.9 Å². The quantitative estimate of drug-likeness (QED) is 0.530. The molecule has 10 heteroatoms. The molecule has 0 aliphatic carbocycles. The third-order valence-corrected chi connectivity index (χ3v) is 5.65. The predicted octanol–water partition coefficient (Wildman–Crippen LogP) is 3.47. The highest BCUT2D eigenvalue weighted by Crippen LogP contribution is 2.38. The third-order valence-electron chi connectivity index (χ3n) is 4.46. The molecule has 28 heavy (non-hydrogen) atoms. The number of aromatic nitrogens is 1. The molecule has 3 heterocycles. The van der Waals surface area contributed by atoms with Crippen molar-refractivity contribution in [3.05, 3.63) is 33.7 Å². The van der Waals surface area contributed by atoms with E-state index in [9.17, 15) is 9.90 Å². The van der Waals surface area contributed by atoms with E-state index >= 15 is 0 Å². The Morgan fingerprint density at radius 1 is 1.50 bits per heavy atom. The summed E-state index contributed by atoms with van der Waals surface area (Å²) in [6, 6.07) is 3.37. The maximum absolute atomic E-state index is 12.4. The van der Waals surface area contributed by atoms with Gasteiger partial charge in [-0.05, 0) is 30.5 Å². The lowest BCUT2D eigenvalue weighted by molar-refractivity contribution is 0.248. The van der Waals surface area contributed by atoms with Gasteiger partial charge in [-0.15, -0.1) is 11.3 Å². The number of fused-ring (bicyclic) bond motifs is 1. The molecule has 1 aliphatic heterocycles. The number of hydrogen-bond acceptors (Lipinski definition) is 7. The van der Waals surface area contributed by atoms with E-state index < -0.39 is 6.03 Å². The van der Waals surface area contributed by atoms with Crippen molar-refractivity contribution < 1.29 is 9.90 Å². The number of thiophene rings is 1. The summed E-state index contributed by atoms with van der Waals surface area (Å²) in [6.45, 7) is 6.42. The maximum Gasteiger partial charge on any atom is 0.338 e. The highest BCUT2D eigenvalue weighted by atomic mass is 35.5. The van der Waals surface area contributed by atoms with Gasteiger partial charge >= 0.3 is 6.03 Å². The molecule has 0 aromatic carbocycles. The molecule has 1 aliphatic rings. The minimum atomic E-state index is -0.430. The number of aliphatic hydroxyl groups excluding tert-OH is 1. The number of hydrogen-bond donors (Lipinski definition) is 4. The number of aliphatic hydroxyl groups is 1. The largest absolute Gasteiger partial charge is 0.394 e. The number of amides is 2. The first-order valence-electron chi connectivity index (χ1n) is 9.05. The minimum absolute atomic E-state index is 0.134. The Kier molecular flexibility index (Phi) is 6.29. The molecule has 0 bridgehead atoms. The predicted molar refractivity (Wildman–Crippen MR) is 114 cm³/mol. The van der Waals surface area contributed by atoms with Crippen molar-refractivity contribution >= 4 is 45.6 Å². The van der Waals surface area contributed by atoms with E-state index in [4.69, 9.17) is 16.6 Å². The number of halogens is 1. The summed E-state index contributed by atoms with van der Waals surface area (Å²) in [5, 5.41) is 18.6. The second kappa shape index (κ2) is 8.52. The lowest BCUT2D eigenvalue weighted by atomic mass is 9.95. The Morgan fingerprint density at radius 2 is 2.25 bits per heavy atom.